The number of aromatic nitrogens is 2. The van der Waals surface area contributed by atoms with Crippen LogP contribution in [0.15, 0.2) is 109 Å². The molecule has 7 rings (SSSR count). The summed E-state index contributed by atoms with van der Waals surface area (Å²) in [5.41, 5.74) is 2.35. The Labute approximate surface area is 252 Å². The first-order chi connectivity index (χ1) is 21.4. The van der Waals surface area contributed by atoms with Crippen molar-refractivity contribution in [3.05, 3.63) is 137 Å². The molecular formula is C34H28N4O6. The van der Waals surface area contributed by atoms with Gasteiger partial charge in [0, 0.05) is 48.4 Å². The van der Waals surface area contributed by atoms with E-state index in [0.717, 1.165) is 11.4 Å². The number of benzene rings is 2. The van der Waals surface area contributed by atoms with Crippen molar-refractivity contribution < 1.29 is 29.3 Å². The van der Waals surface area contributed by atoms with Crippen LogP contribution in [0.4, 0.5) is 5.69 Å². The van der Waals surface area contributed by atoms with E-state index in [4.69, 9.17) is 9.47 Å². The second-order valence-corrected chi connectivity index (χ2v) is 11.0. The molecule has 0 fully saturated rings. The van der Waals surface area contributed by atoms with Crippen molar-refractivity contribution in [2.75, 3.05) is 11.9 Å². The van der Waals surface area contributed by atoms with Gasteiger partial charge in [-0.2, -0.15) is 0 Å². The van der Waals surface area contributed by atoms with Gasteiger partial charge in [0.1, 0.15) is 23.4 Å². The Morgan fingerprint density at radius 3 is 2.36 bits per heavy atom. The van der Waals surface area contributed by atoms with Crippen LogP contribution >= 0.6 is 0 Å². The number of aliphatic hydroxyl groups excluding tert-OH is 1. The van der Waals surface area contributed by atoms with Crippen LogP contribution in [-0.4, -0.2) is 49.6 Å². The monoisotopic (exact) mass is 588 g/mol. The number of carbonyl (C=O) groups excluding carboxylic acids is 2. The Morgan fingerprint density at radius 1 is 0.932 bits per heavy atom. The molecule has 1 spiro atoms. The highest BCUT2D eigenvalue weighted by Crippen LogP contribution is 2.56. The van der Waals surface area contributed by atoms with Gasteiger partial charge in [-0.15, -0.1) is 0 Å². The van der Waals surface area contributed by atoms with E-state index < -0.39 is 23.6 Å². The lowest BCUT2D eigenvalue weighted by molar-refractivity contribution is -0.117. The van der Waals surface area contributed by atoms with Crippen molar-refractivity contribution in [3.8, 4) is 11.5 Å². The van der Waals surface area contributed by atoms with E-state index in [1.807, 2.05) is 41.3 Å². The van der Waals surface area contributed by atoms with Gasteiger partial charge in [0.25, 0.3) is 0 Å². The highest BCUT2D eigenvalue weighted by molar-refractivity contribution is 5.99. The van der Waals surface area contributed by atoms with Crippen LogP contribution < -0.4 is 10.1 Å². The number of amides is 1. The number of carbonyl (C=O) groups is 2. The number of anilines is 1. The smallest absolute Gasteiger partial charge is 0.339 e. The lowest BCUT2D eigenvalue weighted by Gasteiger charge is -2.44. The van der Waals surface area contributed by atoms with E-state index in [0.29, 0.717) is 41.2 Å². The zero-order valence-electron chi connectivity index (χ0n) is 23.5. The maximum atomic E-state index is 13.4. The number of phenolic OH excluding ortho intramolecular Hbond substituents is 1. The Kier molecular flexibility index (Phi) is 6.83. The van der Waals surface area contributed by atoms with Crippen molar-refractivity contribution in [2.45, 2.75) is 24.8 Å². The molecule has 3 unspecified atom stereocenters. The average molecular weight is 589 g/mol. The van der Waals surface area contributed by atoms with Gasteiger partial charge in [0.15, 0.2) is 5.60 Å². The average Bonchev–Trinajstić information content (AvgIpc) is 3.29. The molecule has 10 nitrogen and oxygen atoms in total. The summed E-state index contributed by atoms with van der Waals surface area (Å²) in [6, 6.07) is 21.1. The number of fused-ring (bicyclic) bond motifs is 6. The Hall–Kier alpha value is -5.48. The standard InChI is InChI=1S/C34H28N4O6/c39-24-8-11-28-30(16-24)43-31-17-25(40)9-12-29(31)34(28)27-10-7-21(15-26(27)33(42)44-34)37-32(41)20-38(18-22-5-1-3-13-35-22)19-23-6-2-4-14-36-23/h1-17,28,30,39-40H,18-20H2,(H,37,41). The van der Waals surface area contributed by atoms with Gasteiger partial charge in [-0.3, -0.25) is 19.7 Å². The third-order valence-electron chi connectivity index (χ3n) is 8.03. The van der Waals surface area contributed by atoms with Gasteiger partial charge in [0.05, 0.1) is 29.4 Å². The lowest BCUT2D eigenvalue weighted by atomic mass is 9.70. The van der Waals surface area contributed by atoms with Crippen molar-refractivity contribution in [1.29, 1.82) is 0 Å². The second-order valence-electron chi connectivity index (χ2n) is 11.0. The summed E-state index contributed by atoms with van der Waals surface area (Å²) < 4.78 is 12.3. The van der Waals surface area contributed by atoms with Gasteiger partial charge in [-0.25, -0.2) is 4.79 Å². The fourth-order valence-electron chi connectivity index (χ4n) is 6.19. The summed E-state index contributed by atoms with van der Waals surface area (Å²) >= 11 is 0. The minimum absolute atomic E-state index is 0.000328. The largest absolute Gasteiger partial charge is 0.508 e. The molecule has 0 saturated heterocycles. The van der Waals surface area contributed by atoms with Crippen molar-refractivity contribution in [3.63, 3.8) is 0 Å². The maximum absolute atomic E-state index is 13.4. The maximum Gasteiger partial charge on any atom is 0.339 e. The molecule has 10 heteroatoms. The fraction of sp³-hybridized carbons (Fsp3) is 0.176. The SMILES string of the molecule is O=C(CN(Cc1ccccn1)Cc1ccccn1)Nc1ccc2c(c1)C(=O)OC21c2ccc(O)cc2OC2C=C(O)C=CC21. The van der Waals surface area contributed by atoms with E-state index in [9.17, 15) is 19.8 Å². The molecule has 2 aromatic carbocycles. The van der Waals surface area contributed by atoms with Crippen molar-refractivity contribution in [2.24, 2.45) is 5.92 Å². The van der Waals surface area contributed by atoms with Gasteiger partial charge in [-0.05, 0) is 60.7 Å². The summed E-state index contributed by atoms with van der Waals surface area (Å²) in [5.74, 6) is -0.902. The van der Waals surface area contributed by atoms with Crippen LogP contribution in [0, 0.1) is 5.92 Å². The molecule has 220 valence electrons. The van der Waals surface area contributed by atoms with Crippen LogP contribution in [0.2, 0.25) is 0 Å². The number of pyridine rings is 2. The molecule has 3 aliphatic rings. The van der Waals surface area contributed by atoms with E-state index >= 15 is 0 Å². The first-order valence-corrected chi connectivity index (χ1v) is 14.2. The number of nitrogens with one attached hydrogen (secondary N) is 1. The first-order valence-electron chi connectivity index (χ1n) is 14.2. The van der Waals surface area contributed by atoms with Gasteiger partial charge < -0.3 is 25.0 Å². The molecule has 3 atom stereocenters. The van der Waals surface area contributed by atoms with Crippen LogP contribution in [-0.2, 0) is 28.2 Å². The minimum atomic E-state index is -1.25. The van der Waals surface area contributed by atoms with Crippen molar-refractivity contribution >= 4 is 17.6 Å². The third kappa shape index (κ3) is 4.95. The van der Waals surface area contributed by atoms with Gasteiger partial charge in [0.2, 0.25) is 5.91 Å². The van der Waals surface area contributed by atoms with Crippen molar-refractivity contribution in [1.82, 2.24) is 14.9 Å². The molecule has 4 heterocycles. The number of aromatic hydroxyl groups is 1. The normalized spacial score (nSPS) is 21.1. The van der Waals surface area contributed by atoms with Gasteiger partial charge >= 0.3 is 5.97 Å². The number of phenols is 1. The summed E-state index contributed by atoms with van der Waals surface area (Å²) in [6.45, 7) is 0.957. The topological polar surface area (TPSA) is 134 Å². The Bertz CT molecular complexity index is 1770. The van der Waals surface area contributed by atoms with E-state index in [-0.39, 0.29) is 24.0 Å². The van der Waals surface area contributed by atoms with Gasteiger partial charge in [-0.1, -0.05) is 24.3 Å². The highest BCUT2D eigenvalue weighted by atomic mass is 16.6. The fourth-order valence-corrected chi connectivity index (χ4v) is 6.19. The molecule has 44 heavy (non-hydrogen) atoms. The zero-order valence-corrected chi connectivity index (χ0v) is 23.5. The predicted molar refractivity (Wildman–Crippen MR) is 160 cm³/mol. The number of allylic oxidation sites excluding steroid dienone is 1. The molecule has 2 aliphatic heterocycles. The lowest BCUT2D eigenvalue weighted by Crippen LogP contribution is -2.48. The number of nitrogens with zero attached hydrogens (tertiary/aromatic N) is 3. The Balaban J connectivity index is 1.17. The molecule has 3 N–H and O–H groups in total. The number of hydrogen-bond acceptors (Lipinski definition) is 9. The quantitative estimate of drug-likeness (QED) is 0.264. The highest BCUT2D eigenvalue weighted by Gasteiger charge is 2.58. The minimum Gasteiger partial charge on any atom is -0.508 e. The number of hydrogen-bond donors (Lipinski definition) is 3. The number of ether oxygens (including phenoxy) is 2. The second kappa shape index (κ2) is 11.0. The predicted octanol–water partition coefficient (Wildman–Crippen LogP) is 4.63. The molecule has 1 amide bonds. The molecule has 4 aromatic rings. The number of esters is 1. The van der Waals surface area contributed by atoms with Crippen LogP contribution in [0.1, 0.15) is 32.9 Å². The molecule has 0 radical (unpaired) electrons. The summed E-state index contributed by atoms with van der Waals surface area (Å²) in [7, 11) is 0. The van der Waals surface area contributed by atoms with Crippen LogP contribution in [0.5, 0.6) is 11.5 Å². The van der Waals surface area contributed by atoms with E-state index in [2.05, 4.69) is 15.3 Å². The summed E-state index contributed by atoms with van der Waals surface area (Å²) in [4.78, 5) is 37.5. The third-order valence-corrected chi connectivity index (χ3v) is 8.03. The number of aliphatic hydroxyl groups is 1. The van der Waals surface area contributed by atoms with E-state index in [1.54, 1.807) is 54.9 Å². The first kappa shape index (κ1) is 27.4. The molecule has 0 saturated carbocycles. The summed E-state index contributed by atoms with van der Waals surface area (Å²) in [6.07, 6.45) is 7.67. The molecular weight excluding hydrogens is 560 g/mol. The Morgan fingerprint density at radius 2 is 1.66 bits per heavy atom. The van der Waals surface area contributed by atoms with Crippen LogP contribution in [0.25, 0.3) is 0 Å². The summed E-state index contributed by atoms with van der Waals surface area (Å²) in [5, 5.41) is 23.2. The molecule has 2 aromatic heterocycles. The zero-order chi connectivity index (χ0) is 30.3. The molecule has 1 aliphatic carbocycles. The number of rotatable bonds is 7. The molecule has 0 bridgehead atoms. The van der Waals surface area contributed by atoms with E-state index in [1.165, 1.54) is 12.1 Å². The van der Waals surface area contributed by atoms with Crippen LogP contribution in [0.3, 0.4) is 0 Å².